The van der Waals surface area contributed by atoms with Gasteiger partial charge in [0, 0.05) is 12.5 Å². The van der Waals surface area contributed by atoms with E-state index in [1.165, 1.54) is 24.5 Å². The first-order valence-electron chi connectivity index (χ1n) is 5.78. The topological polar surface area (TPSA) is 59.3 Å². The van der Waals surface area contributed by atoms with Crippen LogP contribution in [0.3, 0.4) is 0 Å². The monoisotopic (exact) mass is 283 g/mol. The largest absolute Gasteiger partial charge is 0.469 e. The van der Waals surface area contributed by atoms with Crippen LogP contribution < -0.4 is 4.72 Å². The molecule has 0 aliphatic carbocycles. The first kappa shape index (κ1) is 13.8. The van der Waals surface area contributed by atoms with Crippen molar-refractivity contribution in [3.63, 3.8) is 0 Å². The Balaban J connectivity index is 2.11. The third kappa shape index (κ3) is 3.42. The SMILES string of the molecule is CC(Cc1ccco1)NS(=O)(=O)c1ccccc1F. The maximum Gasteiger partial charge on any atom is 0.243 e. The van der Waals surface area contributed by atoms with Crippen molar-refractivity contribution in [3.05, 3.63) is 54.2 Å². The molecule has 0 saturated carbocycles. The average Bonchev–Trinajstić information content (AvgIpc) is 2.81. The van der Waals surface area contributed by atoms with Crippen LogP contribution in [0.2, 0.25) is 0 Å². The summed E-state index contributed by atoms with van der Waals surface area (Å²) < 4.78 is 45.1. The van der Waals surface area contributed by atoms with Crippen molar-refractivity contribution >= 4 is 10.0 Å². The Kier molecular flexibility index (Phi) is 4.01. The van der Waals surface area contributed by atoms with E-state index < -0.39 is 21.9 Å². The van der Waals surface area contributed by atoms with E-state index >= 15 is 0 Å². The van der Waals surface area contributed by atoms with Crippen molar-refractivity contribution in [3.8, 4) is 0 Å². The summed E-state index contributed by atoms with van der Waals surface area (Å²) >= 11 is 0. The highest BCUT2D eigenvalue weighted by atomic mass is 32.2. The molecule has 102 valence electrons. The van der Waals surface area contributed by atoms with Gasteiger partial charge in [-0.05, 0) is 31.2 Å². The van der Waals surface area contributed by atoms with Gasteiger partial charge in [-0.15, -0.1) is 0 Å². The van der Waals surface area contributed by atoms with Crippen molar-refractivity contribution < 1.29 is 17.2 Å². The van der Waals surface area contributed by atoms with Gasteiger partial charge in [0.1, 0.15) is 16.5 Å². The third-order valence-corrected chi connectivity index (χ3v) is 4.19. The number of benzene rings is 1. The number of nitrogens with one attached hydrogen (secondary N) is 1. The summed E-state index contributed by atoms with van der Waals surface area (Å²) in [5.74, 6) is -0.0936. The van der Waals surface area contributed by atoms with Gasteiger partial charge in [-0.25, -0.2) is 17.5 Å². The molecule has 1 atom stereocenters. The molecular weight excluding hydrogens is 269 g/mol. The van der Waals surface area contributed by atoms with E-state index in [0.717, 1.165) is 6.07 Å². The highest BCUT2D eigenvalue weighted by Gasteiger charge is 2.21. The van der Waals surface area contributed by atoms with Crippen molar-refractivity contribution in [2.45, 2.75) is 24.3 Å². The van der Waals surface area contributed by atoms with Crippen LogP contribution >= 0.6 is 0 Å². The Morgan fingerprint density at radius 1 is 1.26 bits per heavy atom. The lowest BCUT2D eigenvalue weighted by atomic mass is 10.2. The predicted molar refractivity (Wildman–Crippen MR) is 68.6 cm³/mol. The highest BCUT2D eigenvalue weighted by molar-refractivity contribution is 7.89. The van der Waals surface area contributed by atoms with Gasteiger partial charge in [0.15, 0.2) is 0 Å². The standard InChI is InChI=1S/C13H14FNO3S/c1-10(9-11-5-4-8-18-11)15-19(16,17)13-7-3-2-6-12(13)14/h2-8,10,15H,9H2,1H3. The first-order chi connectivity index (χ1) is 8.99. The molecule has 0 aliphatic rings. The molecule has 6 heteroatoms. The Morgan fingerprint density at radius 3 is 2.63 bits per heavy atom. The Bertz CT molecular complexity index is 638. The maximum atomic E-state index is 13.5. The summed E-state index contributed by atoms with van der Waals surface area (Å²) in [5.41, 5.74) is 0. The lowest BCUT2D eigenvalue weighted by molar-refractivity contribution is 0.478. The van der Waals surface area contributed by atoms with Gasteiger partial charge in [0.2, 0.25) is 10.0 Å². The third-order valence-electron chi connectivity index (χ3n) is 2.57. The molecule has 0 spiro atoms. The number of halogens is 1. The van der Waals surface area contributed by atoms with Gasteiger partial charge in [-0.1, -0.05) is 12.1 Å². The summed E-state index contributed by atoms with van der Waals surface area (Å²) in [5, 5.41) is 0. The number of hydrogen-bond acceptors (Lipinski definition) is 3. The first-order valence-corrected chi connectivity index (χ1v) is 7.26. The van der Waals surface area contributed by atoms with Crippen LogP contribution in [0.4, 0.5) is 4.39 Å². The molecule has 0 fully saturated rings. The van der Waals surface area contributed by atoms with Crippen molar-refractivity contribution in [2.24, 2.45) is 0 Å². The number of hydrogen-bond donors (Lipinski definition) is 1. The molecule has 4 nitrogen and oxygen atoms in total. The van der Waals surface area contributed by atoms with Gasteiger partial charge >= 0.3 is 0 Å². The summed E-state index contributed by atoms with van der Waals surface area (Å²) in [6.07, 6.45) is 1.92. The molecule has 1 aromatic heterocycles. The van der Waals surface area contributed by atoms with Gasteiger partial charge in [-0.2, -0.15) is 0 Å². The predicted octanol–water partition coefficient (Wildman–Crippen LogP) is 2.33. The molecule has 0 radical (unpaired) electrons. The molecule has 0 saturated heterocycles. The quantitative estimate of drug-likeness (QED) is 0.916. The normalized spacial score (nSPS) is 13.4. The second-order valence-electron chi connectivity index (χ2n) is 4.24. The minimum Gasteiger partial charge on any atom is -0.469 e. The second kappa shape index (κ2) is 5.54. The van der Waals surface area contributed by atoms with E-state index in [2.05, 4.69) is 4.72 Å². The molecule has 0 aliphatic heterocycles. The number of sulfonamides is 1. The highest BCUT2D eigenvalue weighted by Crippen LogP contribution is 2.14. The van der Waals surface area contributed by atoms with Crippen LogP contribution in [0, 0.1) is 5.82 Å². The molecule has 19 heavy (non-hydrogen) atoms. The Morgan fingerprint density at radius 2 is 2.00 bits per heavy atom. The lowest BCUT2D eigenvalue weighted by Gasteiger charge is -2.13. The van der Waals surface area contributed by atoms with Crippen molar-refractivity contribution in [2.75, 3.05) is 0 Å². The minimum absolute atomic E-state index is 0.346. The maximum absolute atomic E-state index is 13.5. The van der Waals surface area contributed by atoms with Crippen LogP contribution in [0.1, 0.15) is 12.7 Å². The van der Waals surface area contributed by atoms with Crippen LogP contribution in [0.5, 0.6) is 0 Å². The zero-order valence-electron chi connectivity index (χ0n) is 10.3. The molecular formula is C13H14FNO3S. The van der Waals surface area contributed by atoms with Gasteiger partial charge < -0.3 is 4.42 Å². The molecule has 1 N–H and O–H groups in total. The molecule has 2 aromatic rings. The van der Waals surface area contributed by atoms with E-state index in [0.29, 0.717) is 12.2 Å². The fourth-order valence-corrected chi connectivity index (χ4v) is 3.09. The van der Waals surface area contributed by atoms with E-state index in [9.17, 15) is 12.8 Å². The van der Waals surface area contributed by atoms with E-state index in [1.54, 1.807) is 19.1 Å². The Hall–Kier alpha value is -1.66. The molecule has 2 rings (SSSR count). The molecule has 1 aromatic carbocycles. The van der Waals surface area contributed by atoms with Crippen LogP contribution in [0.15, 0.2) is 52.0 Å². The minimum atomic E-state index is -3.86. The van der Waals surface area contributed by atoms with E-state index in [-0.39, 0.29) is 4.90 Å². The van der Waals surface area contributed by atoms with Crippen LogP contribution in [0.25, 0.3) is 0 Å². The summed E-state index contributed by atoms with van der Waals surface area (Å²) in [4.78, 5) is -0.346. The van der Waals surface area contributed by atoms with Crippen molar-refractivity contribution in [1.29, 1.82) is 0 Å². The van der Waals surface area contributed by atoms with E-state index in [4.69, 9.17) is 4.42 Å². The zero-order chi connectivity index (χ0) is 13.9. The fourth-order valence-electron chi connectivity index (χ4n) is 1.76. The van der Waals surface area contributed by atoms with Gasteiger partial charge in [0.25, 0.3) is 0 Å². The lowest BCUT2D eigenvalue weighted by Crippen LogP contribution is -2.34. The summed E-state index contributed by atoms with van der Waals surface area (Å²) in [7, 11) is -3.86. The van der Waals surface area contributed by atoms with Crippen LogP contribution in [-0.2, 0) is 16.4 Å². The fraction of sp³-hybridized carbons (Fsp3) is 0.231. The number of furan rings is 1. The smallest absolute Gasteiger partial charge is 0.243 e. The van der Waals surface area contributed by atoms with Gasteiger partial charge in [-0.3, -0.25) is 0 Å². The molecule has 1 unspecified atom stereocenters. The van der Waals surface area contributed by atoms with Crippen molar-refractivity contribution in [1.82, 2.24) is 4.72 Å². The molecule has 0 bridgehead atoms. The average molecular weight is 283 g/mol. The van der Waals surface area contributed by atoms with Gasteiger partial charge in [0.05, 0.1) is 6.26 Å². The summed E-state index contributed by atoms with van der Waals surface area (Å²) in [6, 6.07) is 8.37. The molecule has 0 amide bonds. The molecule has 1 heterocycles. The number of rotatable bonds is 5. The Labute approximate surface area is 111 Å². The van der Waals surface area contributed by atoms with E-state index in [1.807, 2.05) is 0 Å². The zero-order valence-corrected chi connectivity index (χ0v) is 11.2. The summed E-state index contributed by atoms with van der Waals surface area (Å²) in [6.45, 7) is 1.70. The van der Waals surface area contributed by atoms with Crippen LogP contribution in [-0.4, -0.2) is 14.5 Å². The second-order valence-corrected chi connectivity index (χ2v) is 5.92.